The summed E-state index contributed by atoms with van der Waals surface area (Å²) in [4.78, 5) is 23.1. The van der Waals surface area contributed by atoms with Crippen LogP contribution in [0.1, 0.15) is 49.6 Å². The van der Waals surface area contributed by atoms with Crippen molar-refractivity contribution < 1.29 is 4.79 Å². The number of fused-ring (bicyclic) bond motifs is 1. The number of carbonyl (C=O) groups excluding carboxylic acids is 1. The van der Waals surface area contributed by atoms with Crippen molar-refractivity contribution in [3.05, 3.63) is 17.0 Å². The van der Waals surface area contributed by atoms with E-state index in [-0.39, 0.29) is 11.9 Å². The first kappa shape index (κ1) is 14.3. The molecule has 1 atom stereocenters. The maximum atomic E-state index is 11.9. The maximum absolute atomic E-state index is 11.9. The number of likely N-dealkylation sites (tertiary alicyclic amines) is 1. The molecule has 1 fully saturated rings. The van der Waals surface area contributed by atoms with Gasteiger partial charge < -0.3 is 10.2 Å². The second-order valence-corrected chi connectivity index (χ2v) is 6.15. The number of rotatable bonds is 4. The Morgan fingerprint density at radius 3 is 2.90 bits per heavy atom. The smallest absolute Gasteiger partial charge is 0.224 e. The number of carbonyl (C=O) groups is 1. The second-order valence-electron chi connectivity index (χ2n) is 6.15. The van der Waals surface area contributed by atoms with Gasteiger partial charge in [-0.2, -0.15) is 0 Å². The van der Waals surface area contributed by atoms with Gasteiger partial charge in [-0.1, -0.05) is 6.92 Å². The number of nitrogens with zero attached hydrogens (tertiary/aromatic N) is 3. The zero-order valence-electron chi connectivity index (χ0n) is 13.0. The molecule has 21 heavy (non-hydrogen) atoms. The summed E-state index contributed by atoms with van der Waals surface area (Å²) in [5.41, 5.74) is 3.63. The highest BCUT2D eigenvalue weighted by Gasteiger charge is 2.29. The largest absolute Gasteiger partial charge is 0.349 e. The molecule has 3 rings (SSSR count). The van der Waals surface area contributed by atoms with E-state index in [1.54, 1.807) is 0 Å². The highest BCUT2D eigenvalue weighted by molar-refractivity contribution is 5.79. The molecular formula is C16H24N4O. The van der Waals surface area contributed by atoms with Crippen molar-refractivity contribution in [2.75, 3.05) is 18.4 Å². The Labute approximate surface area is 126 Å². The number of hydrogen-bond acceptors (Lipinski definition) is 4. The van der Waals surface area contributed by atoms with E-state index in [0.29, 0.717) is 12.4 Å². The molecule has 1 aromatic heterocycles. The van der Waals surface area contributed by atoms with Crippen molar-refractivity contribution in [2.24, 2.45) is 0 Å². The second kappa shape index (κ2) is 6.00. The normalized spacial score (nSPS) is 21.5. The van der Waals surface area contributed by atoms with Crippen LogP contribution in [0, 0.1) is 6.92 Å². The Balaban J connectivity index is 1.71. The van der Waals surface area contributed by atoms with Crippen molar-refractivity contribution >= 4 is 11.9 Å². The Morgan fingerprint density at radius 1 is 1.29 bits per heavy atom. The van der Waals surface area contributed by atoms with Crippen LogP contribution >= 0.6 is 0 Å². The minimum absolute atomic E-state index is 0.144. The van der Waals surface area contributed by atoms with Gasteiger partial charge in [0.25, 0.3) is 0 Å². The van der Waals surface area contributed by atoms with Gasteiger partial charge in [0.05, 0.1) is 6.04 Å². The van der Waals surface area contributed by atoms with Gasteiger partial charge in [-0.3, -0.25) is 4.79 Å². The summed E-state index contributed by atoms with van der Waals surface area (Å²) in [6, 6.07) is 0.144. The SMILES string of the molecule is CCCN1CC(Nc2nc(C)c3c(n2)CCCC3)CC1=O. The van der Waals surface area contributed by atoms with Crippen LogP contribution in [0.4, 0.5) is 5.95 Å². The number of aromatic nitrogens is 2. The van der Waals surface area contributed by atoms with E-state index in [4.69, 9.17) is 0 Å². The molecule has 0 bridgehead atoms. The first-order valence-corrected chi connectivity index (χ1v) is 8.08. The molecule has 1 saturated heterocycles. The summed E-state index contributed by atoms with van der Waals surface area (Å²) >= 11 is 0. The summed E-state index contributed by atoms with van der Waals surface area (Å²) in [5, 5.41) is 3.37. The molecule has 1 aliphatic heterocycles. The third-order valence-corrected chi connectivity index (χ3v) is 4.43. The molecule has 0 radical (unpaired) electrons. The van der Waals surface area contributed by atoms with Crippen LogP contribution in [0.5, 0.6) is 0 Å². The van der Waals surface area contributed by atoms with Crippen LogP contribution in [0.2, 0.25) is 0 Å². The van der Waals surface area contributed by atoms with Crippen molar-refractivity contribution in [1.29, 1.82) is 0 Å². The topological polar surface area (TPSA) is 58.1 Å². The van der Waals surface area contributed by atoms with Gasteiger partial charge in [0.15, 0.2) is 0 Å². The van der Waals surface area contributed by atoms with E-state index < -0.39 is 0 Å². The molecule has 0 saturated carbocycles. The lowest BCUT2D eigenvalue weighted by molar-refractivity contribution is -0.127. The van der Waals surface area contributed by atoms with Gasteiger partial charge in [0, 0.05) is 30.9 Å². The molecule has 2 heterocycles. The molecular weight excluding hydrogens is 264 g/mol. The van der Waals surface area contributed by atoms with E-state index in [1.165, 1.54) is 24.1 Å². The lowest BCUT2D eigenvalue weighted by Gasteiger charge is -2.20. The van der Waals surface area contributed by atoms with Crippen LogP contribution < -0.4 is 5.32 Å². The molecule has 1 aromatic rings. The Kier molecular flexibility index (Phi) is 4.08. The van der Waals surface area contributed by atoms with Crippen LogP contribution in [-0.2, 0) is 17.6 Å². The maximum Gasteiger partial charge on any atom is 0.224 e. The van der Waals surface area contributed by atoms with E-state index in [2.05, 4.69) is 29.1 Å². The molecule has 1 unspecified atom stereocenters. The summed E-state index contributed by atoms with van der Waals surface area (Å²) < 4.78 is 0. The molecule has 2 aliphatic rings. The van der Waals surface area contributed by atoms with Gasteiger partial charge in [0.1, 0.15) is 0 Å². The average molecular weight is 288 g/mol. The fraction of sp³-hybridized carbons (Fsp3) is 0.688. The van der Waals surface area contributed by atoms with Crippen molar-refractivity contribution in [2.45, 2.75) is 58.4 Å². The first-order valence-electron chi connectivity index (χ1n) is 8.08. The predicted octanol–water partition coefficient (Wildman–Crippen LogP) is 2.09. The van der Waals surface area contributed by atoms with Crippen LogP contribution in [0.15, 0.2) is 0 Å². The number of aryl methyl sites for hydroxylation is 2. The van der Waals surface area contributed by atoms with E-state index in [1.807, 2.05) is 4.90 Å². The third kappa shape index (κ3) is 3.01. The Bertz CT molecular complexity index is 543. The molecule has 5 heteroatoms. The Hall–Kier alpha value is -1.65. The number of anilines is 1. The van der Waals surface area contributed by atoms with Gasteiger partial charge >= 0.3 is 0 Å². The van der Waals surface area contributed by atoms with Crippen LogP contribution in [0.3, 0.4) is 0 Å². The number of hydrogen-bond donors (Lipinski definition) is 1. The highest BCUT2D eigenvalue weighted by Crippen LogP contribution is 2.24. The summed E-state index contributed by atoms with van der Waals surface area (Å²) in [6.45, 7) is 5.79. The zero-order valence-corrected chi connectivity index (χ0v) is 13.0. The van der Waals surface area contributed by atoms with Crippen molar-refractivity contribution in [3.8, 4) is 0 Å². The first-order chi connectivity index (χ1) is 10.2. The number of nitrogens with one attached hydrogen (secondary N) is 1. The van der Waals surface area contributed by atoms with Gasteiger partial charge in [-0.15, -0.1) is 0 Å². The molecule has 5 nitrogen and oxygen atoms in total. The average Bonchev–Trinajstić information content (AvgIpc) is 2.79. The van der Waals surface area contributed by atoms with Gasteiger partial charge in [-0.25, -0.2) is 9.97 Å². The quantitative estimate of drug-likeness (QED) is 0.921. The Morgan fingerprint density at radius 2 is 2.10 bits per heavy atom. The number of amides is 1. The monoisotopic (exact) mass is 288 g/mol. The van der Waals surface area contributed by atoms with Crippen molar-refractivity contribution in [1.82, 2.24) is 14.9 Å². The van der Waals surface area contributed by atoms with E-state index in [0.717, 1.165) is 38.0 Å². The van der Waals surface area contributed by atoms with Crippen LogP contribution in [0.25, 0.3) is 0 Å². The molecule has 1 N–H and O–H groups in total. The minimum Gasteiger partial charge on any atom is -0.349 e. The fourth-order valence-corrected chi connectivity index (χ4v) is 3.38. The van der Waals surface area contributed by atoms with Gasteiger partial charge in [-0.05, 0) is 44.6 Å². The van der Waals surface area contributed by atoms with Crippen molar-refractivity contribution in [3.63, 3.8) is 0 Å². The predicted molar refractivity (Wildman–Crippen MR) is 82.3 cm³/mol. The molecule has 114 valence electrons. The molecule has 1 amide bonds. The summed E-state index contributed by atoms with van der Waals surface area (Å²) in [5.74, 6) is 0.938. The lowest BCUT2D eigenvalue weighted by atomic mass is 9.95. The molecule has 1 aliphatic carbocycles. The van der Waals surface area contributed by atoms with Crippen LogP contribution in [-0.4, -0.2) is 39.9 Å². The molecule has 0 aromatic carbocycles. The summed E-state index contributed by atoms with van der Waals surface area (Å²) in [6.07, 6.45) is 6.18. The highest BCUT2D eigenvalue weighted by atomic mass is 16.2. The fourth-order valence-electron chi connectivity index (χ4n) is 3.38. The van der Waals surface area contributed by atoms with Gasteiger partial charge in [0.2, 0.25) is 11.9 Å². The summed E-state index contributed by atoms with van der Waals surface area (Å²) in [7, 11) is 0. The standard InChI is InChI=1S/C16H24N4O/c1-3-8-20-10-12(9-15(20)21)18-16-17-11(2)13-6-4-5-7-14(13)19-16/h12H,3-10H2,1-2H3,(H,17,18,19). The van der Waals surface area contributed by atoms with E-state index in [9.17, 15) is 4.79 Å². The minimum atomic E-state index is 0.144. The third-order valence-electron chi connectivity index (χ3n) is 4.43. The lowest BCUT2D eigenvalue weighted by Crippen LogP contribution is -2.29. The molecule has 0 spiro atoms. The zero-order chi connectivity index (χ0) is 14.8. The van der Waals surface area contributed by atoms with E-state index >= 15 is 0 Å².